The van der Waals surface area contributed by atoms with Crippen LogP contribution in [0, 0.1) is 16.0 Å². The largest absolute Gasteiger partial charge is 0.477 e. The normalized spacial score (nSPS) is 15.9. The predicted octanol–water partition coefficient (Wildman–Crippen LogP) is 3.96. The fourth-order valence-electron chi connectivity index (χ4n) is 3.04. The van der Waals surface area contributed by atoms with E-state index in [1.54, 1.807) is 16.7 Å². The van der Waals surface area contributed by atoms with Crippen LogP contribution in [0.3, 0.4) is 0 Å². The number of fused-ring (bicyclic) bond motifs is 1. The van der Waals surface area contributed by atoms with E-state index in [2.05, 4.69) is 9.97 Å². The molecule has 4 rings (SSSR count). The van der Waals surface area contributed by atoms with Crippen molar-refractivity contribution in [2.75, 3.05) is 13.2 Å². The van der Waals surface area contributed by atoms with Gasteiger partial charge in [0.2, 0.25) is 5.88 Å². The first kappa shape index (κ1) is 19.7. The van der Waals surface area contributed by atoms with Gasteiger partial charge in [0.1, 0.15) is 12.8 Å². The third-order valence-corrected chi connectivity index (χ3v) is 4.57. The monoisotopic (exact) mass is 420 g/mol. The zero-order valence-electron chi connectivity index (χ0n) is 15.4. The summed E-state index contributed by atoms with van der Waals surface area (Å²) >= 11 is 0. The Morgan fingerprint density at radius 3 is 2.57 bits per heavy atom. The van der Waals surface area contributed by atoms with Gasteiger partial charge in [0, 0.05) is 35.3 Å². The van der Waals surface area contributed by atoms with E-state index in [-0.39, 0.29) is 24.4 Å². The fraction of sp³-hybridized carbons (Fsp3) is 0.263. The van der Waals surface area contributed by atoms with E-state index < -0.39 is 16.7 Å². The van der Waals surface area contributed by atoms with Crippen LogP contribution in [0.1, 0.15) is 5.56 Å². The molecule has 1 aliphatic rings. The molecule has 3 heterocycles. The first-order valence-corrected chi connectivity index (χ1v) is 8.90. The Hall–Kier alpha value is -3.63. The number of benzene rings is 1. The maximum Gasteiger partial charge on any atom is 0.416 e. The molecule has 8 nitrogen and oxygen atoms in total. The van der Waals surface area contributed by atoms with Gasteiger partial charge in [0.15, 0.2) is 0 Å². The van der Waals surface area contributed by atoms with Gasteiger partial charge in [-0.25, -0.2) is 4.98 Å². The van der Waals surface area contributed by atoms with Crippen molar-refractivity contribution in [1.29, 1.82) is 0 Å². The first-order chi connectivity index (χ1) is 14.3. The van der Waals surface area contributed by atoms with Gasteiger partial charge in [-0.05, 0) is 28.7 Å². The van der Waals surface area contributed by atoms with Crippen molar-refractivity contribution in [1.82, 2.24) is 14.5 Å². The van der Waals surface area contributed by atoms with Crippen molar-refractivity contribution in [3.8, 4) is 23.0 Å². The summed E-state index contributed by atoms with van der Waals surface area (Å²) in [6, 6.07) is 8.37. The van der Waals surface area contributed by atoms with Crippen LogP contribution in [-0.2, 0) is 12.7 Å². The Bertz CT molecular complexity index is 1050. The molecule has 0 fully saturated rings. The van der Waals surface area contributed by atoms with E-state index in [4.69, 9.17) is 9.47 Å². The van der Waals surface area contributed by atoms with Gasteiger partial charge >= 0.3 is 18.0 Å². The summed E-state index contributed by atoms with van der Waals surface area (Å²) in [6.45, 7) is 1.04. The molecule has 0 saturated carbocycles. The molecule has 11 heteroatoms. The standard InChI is InChI=1S/C19H15F3N4O4/c20-19(21,22)15-4-1-13(2-5-15)14-3-6-17(23-7-14)29-10-12-8-25-9-16(26(27)28)24-18(25)30-11-12/h1-7,9,12H,8,10-11H2. The lowest BCUT2D eigenvalue weighted by Gasteiger charge is -2.21. The van der Waals surface area contributed by atoms with E-state index in [0.717, 1.165) is 12.1 Å². The molecule has 2 aromatic heterocycles. The Labute approximate surface area is 168 Å². The number of pyridine rings is 1. The van der Waals surface area contributed by atoms with Gasteiger partial charge in [-0.15, -0.1) is 0 Å². The van der Waals surface area contributed by atoms with Gasteiger partial charge in [-0.2, -0.15) is 13.2 Å². The molecule has 0 spiro atoms. The number of alkyl halides is 3. The van der Waals surface area contributed by atoms with Crippen molar-refractivity contribution in [2.45, 2.75) is 12.7 Å². The van der Waals surface area contributed by atoms with Crippen molar-refractivity contribution < 1.29 is 27.6 Å². The minimum Gasteiger partial charge on any atom is -0.477 e. The van der Waals surface area contributed by atoms with Crippen LogP contribution in [0.4, 0.5) is 19.0 Å². The summed E-state index contributed by atoms with van der Waals surface area (Å²) < 4.78 is 50.6. The van der Waals surface area contributed by atoms with Crippen LogP contribution in [0.2, 0.25) is 0 Å². The zero-order valence-corrected chi connectivity index (χ0v) is 15.4. The number of rotatable bonds is 5. The smallest absolute Gasteiger partial charge is 0.416 e. The summed E-state index contributed by atoms with van der Waals surface area (Å²) in [7, 11) is 0. The van der Waals surface area contributed by atoms with Gasteiger partial charge in [-0.1, -0.05) is 12.1 Å². The van der Waals surface area contributed by atoms with Crippen molar-refractivity contribution in [3.05, 3.63) is 64.5 Å². The van der Waals surface area contributed by atoms with Gasteiger partial charge in [0.25, 0.3) is 0 Å². The molecule has 0 aliphatic carbocycles. The van der Waals surface area contributed by atoms with E-state index in [9.17, 15) is 23.3 Å². The van der Waals surface area contributed by atoms with E-state index in [0.29, 0.717) is 30.2 Å². The molecule has 0 saturated heterocycles. The topological polar surface area (TPSA) is 92.3 Å². The minimum atomic E-state index is -4.38. The van der Waals surface area contributed by atoms with Gasteiger partial charge in [-0.3, -0.25) is 4.57 Å². The molecular formula is C19H15F3N4O4. The number of nitro groups is 1. The highest BCUT2D eigenvalue weighted by atomic mass is 19.4. The maximum atomic E-state index is 12.7. The average Bonchev–Trinajstić information content (AvgIpc) is 3.16. The number of imidazole rings is 1. The van der Waals surface area contributed by atoms with Crippen LogP contribution in [0.15, 0.2) is 48.8 Å². The second kappa shape index (κ2) is 7.65. The molecule has 1 unspecified atom stereocenters. The minimum absolute atomic E-state index is 0.0531. The molecule has 0 radical (unpaired) electrons. The predicted molar refractivity (Wildman–Crippen MR) is 98.0 cm³/mol. The fourth-order valence-corrected chi connectivity index (χ4v) is 3.04. The lowest BCUT2D eigenvalue weighted by molar-refractivity contribution is -0.389. The Morgan fingerprint density at radius 2 is 1.93 bits per heavy atom. The Kier molecular flexibility index (Phi) is 5.02. The second-order valence-electron chi connectivity index (χ2n) is 6.74. The molecule has 1 aliphatic heterocycles. The Morgan fingerprint density at radius 1 is 1.20 bits per heavy atom. The average molecular weight is 420 g/mol. The molecular weight excluding hydrogens is 405 g/mol. The van der Waals surface area contributed by atoms with E-state index in [1.165, 1.54) is 24.5 Å². The SMILES string of the molecule is O=[N+]([O-])c1cn2c(n1)OCC(COc1ccc(-c3ccc(C(F)(F)F)cc3)cn1)C2. The highest BCUT2D eigenvalue weighted by molar-refractivity contribution is 5.63. The number of aromatic nitrogens is 3. The molecule has 0 N–H and O–H groups in total. The highest BCUT2D eigenvalue weighted by Gasteiger charge is 2.30. The summed E-state index contributed by atoms with van der Waals surface area (Å²) in [5.41, 5.74) is 0.560. The van der Waals surface area contributed by atoms with E-state index in [1.807, 2.05) is 0 Å². The van der Waals surface area contributed by atoms with Crippen LogP contribution in [0.25, 0.3) is 11.1 Å². The first-order valence-electron chi connectivity index (χ1n) is 8.90. The van der Waals surface area contributed by atoms with E-state index >= 15 is 0 Å². The number of ether oxygens (including phenoxy) is 2. The molecule has 3 aromatic rings. The summed E-state index contributed by atoms with van der Waals surface area (Å²) in [4.78, 5) is 18.2. The van der Waals surface area contributed by atoms with Crippen LogP contribution >= 0.6 is 0 Å². The molecule has 0 amide bonds. The summed E-state index contributed by atoms with van der Waals surface area (Å²) in [5, 5.41) is 10.8. The number of nitrogens with zero attached hydrogens (tertiary/aromatic N) is 4. The third-order valence-electron chi connectivity index (χ3n) is 4.57. The zero-order chi connectivity index (χ0) is 21.3. The molecule has 1 atom stereocenters. The van der Waals surface area contributed by atoms with Gasteiger partial charge in [0.05, 0.1) is 12.2 Å². The second-order valence-corrected chi connectivity index (χ2v) is 6.74. The van der Waals surface area contributed by atoms with Crippen molar-refractivity contribution in [3.63, 3.8) is 0 Å². The quantitative estimate of drug-likeness (QED) is 0.458. The number of hydrogen-bond acceptors (Lipinski definition) is 6. The van der Waals surface area contributed by atoms with Crippen LogP contribution < -0.4 is 9.47 Å². The Balaban J connectivity index is 1.35. The molecule has 0 bridgehead atoms. The molecule has 156 valence electrons. The maximum absolute atomic E-state index is 12.7. The summed E-state index contributed by atoms with van der Waals surface area (Å²) in [6.07, 6.45) is -1.54. The highest BCUT2D eigenvalue weighted by Crippen LogP contribution is 2.31. The molecule has 30 heavy (non-hydrogen) atoms. The van der Waals surface area contributed by atoms with Crippen molar-refractivity contribution in [2.24, 2.45) is 5.92 Å². The number of hydrogen-bond donors (Lipinski definition) is 0. The number of halogens is 3. The lowest BCUT2D eigenvalue weighted by Crippen LogP contribution is -2.29. The molecule has 1 aromatic carbocycles. The van der Waals surface area contributed by atoms with Gasteiger partial charge < -0.3 is 19.6 Å². The third kappa shape index (κ3) is 4.19. The van der Waals surface area contributed by atoms with Crippen molar-refractivity contribution >= 4 is 5.82 Å². The van der Waals surface area contributed by atoms with Crippen LogP contribution in [0.5, 0.6) is 11.9 Å². The van der Waals surface area contributed by atoms with Crippen LogP contribution in [-0.4, -0.2) is 32.7 Å². The summed E-state index contributed by atoms with van der Waals surface area (Å²) in [5.74, 6) is 0.0304. The lowest BCUT2D eigenvalue weighted by atomic mass is 10.1.